The fourth-order valence-electron chi connectivity index (χ4n) is 11.0. The number of rotatable bonds is 41. The van der Waals surface area contributed by atoms with E-state index in [0.717, 1.165) is 9.80 Å². The summed E-state index contributed by atoms with van der Waals surface area (Å²) < 4.78 is 0. The summed E-state index contributed by atoms with van der Waals surface area (Å²) in [7, 11) is 0. The minimum absolute atomic E-state index is 0.0166. The molecule has 33 nitrogen and oxygen atoms in total. The van der Waals surface area contributed by atoms with Crippen molar-refractivity contribution < 1.29 is 112 Å². The summed E-state index contributed by atoms with van der Waals surface area (Å²) in [5.74, 6) is -19.2. The molecule has 0 radical (unpaired) electrons. The summed E-state index contributed by atoms with van der Waals surface area (Å²) in [4.78, 5) is 214. The van der Waals surface area contributed by atoms with Gasteiger partial charge in [-0.2, -0.15) is 0 Å². The molecule has 2 heterocycles. The second kappa shape index (κ2) is 39.0. The Labute approximate surface area is 558 Å². The fraction of sp³-hybridized carbons (Fsp3) is 0.562. The van der Waals surface area contributed by atoms with Gasteiger partial charge in [-0.1, -0.05) is 76.6 Å². The molecular weight excluding hydrogens is 1280 g/mol. The Morgan fingerprint density at radius 1 is 0.433 bits per heavy atom. The second-order valence-corrected chi connectivity index (χ2v) is 24.4. The number of phenolic OH excluding ortho intramolecular Hbond substituents is 1. The molecule has 2 fully saturated rings. The molecule has 97 heavy (non-hydrogen) atoms. The quantitative estimate of drug-likeness (QED) is 0.0400. The van der Waals surface area contributed by atoms with Crippen molar-refractivity contribution in [3.63, 3.8) is 0 Å². The molecule has 2 aliphatic rings. The highest BCUT2D eigenvalue weighted by Gasteiger charge is 2.44. The summed E-state index contributed by atoms with van der Waals surface area (Å²) in [5.41, 5.74) is 0.884. The molecule has 2 aromatic carbocycles. The minimum Gasteiger partial charge on any atom is -0.508 e. The molecule has 2 aliphatic heterocycles. The number of amides is 10. The number of phenols is 1. The standard InChI is InChI=1S/C64H88N10O23/c1-5-35(4)54(72-61(93)47-14-9-29-73(47)62(94)41(21-26-51(81)82)68-58(90)44(32-36-11-7-6-8-12-36)65-48(76)23-28-53(85)86)63(95)74-30-10-13-46(74)60(92)67-40(20-25-50(79)80)55(87)66-39(19-24-49(77)78)56(88)71-45(33-37-15-17-38(75)18-16-37)59(91)70-43(31-34(2)3)57(89)69-42(64(96)97)22-27-52(83)84/h6-8,11-12,15-18,34-35,39-47,54,75H,5,9-10,13-14,19-33H2,1-4H3,(H,65,76)(H,66,87)(H,67,92)(H,68,90)(H,69,89)(H,70,91)(H,71,88)(H,72,93)(H,77,78)(H,79,80)(H,81,82)(H,83,84)(H,85,86)(H,96,97)/t35-,39-,40-,41-,42-,43-,44-,45-,46-,47-,54-/m0/s1. The molecular formula is C64H88N10O23. The fourth-order valence-corrected chi connectivity index (χ4v) is 11.0. The molecule has 2 aromatic rings. The van der Waals surface area contributed by atoms with Crippen LogP contribution in [0.3, 0.4) is 0 Å². The molecule has 0 aliphatic carbocycles. The Morgan fingerprint density at radius 2 is 0.825 bits per heavy atom. The van der Waals surface area contributed by atoms with E-state index in [1.807, 2.05) is 0 Å². The maximum Gasteiger partial charge on any atom is 0.326 e. The van der Waals surface area contributed by atoms with Gasteiger partial charge in [0, 0.05) is 58.0 Å². The molecule has 0 bridgehead atoms. The van der Waals surface area contributed by atoms with Crippen molar-refractivity contribution >= 4 is 94.9 Å². The maximum atomic E-state index is 14.8. The van der Waals surface area contributed by atoms with Crippen LogP contribution in [0.1, 0.15) is 142 Å². The molecule has 0 saturated carbocycles. The van der Waals surface area contributed by atoms with Crippen LogP contribution in [0.4, 0.5) is 0 Å². The maximum absolute atomic E-state index is 14.8. The van der Waals surface area contributed by atoms with Crippen molar-refractivity contribution in [2.24, 2.45) is 11.8 Å². The van der Waals surface area contributed by atoms with Gasteiger partial charge >= 0.3 is 35.8 Å². The van der Waals surface area contributed by atoms with Crippen LogP contribution in [0.15, 0.2) is 54.6 Å². The van der Waals surface area contributed by atoms with Crippen molar-refractivity contribution in [2.75, 3.05) is 13.1 Å². The van der Waals surface area contributed by atoms with Crippen LogP contribution >= 0.6 is 0 Å². The van der Waals surface area contributed by atoms with Gasteiger partial charge in [0.1, 0.15) is 66.2 Å². The van der Waals surface area contributed by atoms with Crippen molar-refractivity contribution in [2.45, 2.75) is 204 Å². The molecule has 0 spiro atoms. The molecule has 4 rings (SSSR count). The number of hydrogen-bond acceptors (Lipinski definition) is 17. The lowest BCUT2D eigenvalue weighted by atomic mass is 9.96. The lowest BCUT2D eigenvalue weighted by Gasteiger charge is -2.34. The molecule has 15 N–H and O–H groups in total. The molecule has 11 atom stereocenters. The van der Waals surface area contributed by atoms with E-state index in [1.165, 1.54) is 24.3 Å². The van der Waals surface area contributed by atoms with Crippen LogP contribution in [0.25, 0.3) is 0 Å². The number of carbonyl (C=O) groups is 16. The average Bonchev–Trinajstić information content (AvgIpc) is 1.55. The largest absolute Gasteiger partial charge is 0.508 e. The summed E-state index contributed by atoms with van der Waals surface area (Å²) in [6, 6.07) is -1.76. The molecule has 0 aromatic heterocycles. The lowest BCUT2D eigenvalue weighted by molar-refractivity contribution is -0.146. The topological polar surface area (TPSA) is 517 Å². The van der Waals surface area contributed by atoms with E-state index in [9.17, 15) is 102 Å². The number of aliphatic carboxylic acids is 6. The monoisotopic (exact) mass is 1360 g/mol. The number of carboxylic acid groups (broad SMARTS) is 6. The third-order valence-electron chi connectivity index (χ3n) is 16.4. The first-order valence-corrected chi connectivity index (χ1v) is 31.9. The van der Waals surface area contributed by atoms with Gasteiger partial charge in [0.2, 0.25) is 59.1 Å². The van der Waals surface area contributed by atoms with E-state index in [-0.39, 0.29) is 76.1 Å². The SMILES string of the molecule is CC[C@H](C)[C@H](NC(=O)[C@@H]1CCCN1C(=O)[C@H](CCC(=O)O)NC(=O)[C@H](Cc1ccccc1)NC(=O)CCC(=O)O)C(=O)N1CCC[C@H]1C(=O)N[C@@H](CCC(=O)O)C(=O)N[C@@H](CCC(=O)O)C(=O)N[C@@H](Cc1ccc(O)cc1)C(=O)N[C@@H](CC(C)C)C(=O)N[C@@H](CCC(=O)O)C(=O)O. The molecule has 33 heteroatoms. The predicted molar refractivity (Wildman–Crippen MR) is 338 cm³/mol. The van der Waals surface area contributed by atoms with Crippen LogP contribution in [0.2, 0.25) is 0 Å². The van der Waals surface area contributed by atoms with Gasteiger partial charge in [0.05, 0.1) is 6.42 Å². The lowest BCUT2D eigenvalue weighted by Crippen LogP contribution is -2.61. The zero-order valence-corrected chi connectivity index (χ0v) is 54.3. The van der Waals surface area contributed by atoms with Crippen LogP contribution in [0, 0.1) is 11.8 Å². The molecule has 2 saturated heterocycles. The van der Waals surface area contributed by atoms with Gasteiger partial charge in [-0.25, -0.2) is 4.79 Å². The van der Waals surface area contributed by atoms with E-state index in [2.05, 4.69) is 42.5 Å². The third-order valence-corrected chi connectivity index (χ3v) is 16.4. The second-order valence-electron chi connectivity index (χ2n) is 24.4. The number of nitrogens with one attached hydrogen (secondary N) is 8. The first kappa shape index (κ1) is 79.2. The Bertz CT molecular complexity index is 3170. The Hall–Kier alpha value is -10.2. The van der Waals surface area contributed by atoms with E-state index < -0.39 is 225 Å². The Kier molecular flexibility index (Phi) is 31.8. The highest BCUT2D eigenvalue weighted by atomic mass is 16.4. The van der Waals surface area contributed by atoms with E-state index in [1.54, 1.807) is 58.0 Å². The van der Waals surface area contributed by atoms with Gasteiger partial charge in [0.25, 0.3) is 0 Å². The first-order valence-electron chi connectivity index (χ1n) is 31.9. The normalized spacial score (nSPS) is 17.0. The van der Waals surface area contributed by atoms with Crippen LogP contribution in [-0.4, -0.2) is 214 Å². The van der Waals surface area contributed by atoms with Crippen LogP contribution in [0.5, 0.6) is 5.75 Å². The Balaban J connectivity index is 1.58. The highest BCUT2D eigenvalue weighted by Crippen LogP contribution is 2.25. The van der Waals surface area contributed by atoms with Crippen LogP contribution in [-0.2, 0) is 89.6 Å². The summed E-state index contributed by atoms with van der Waals surface area (Å²) in [6.07, 6.45) is -5.95. The number of carboxylic acids is 6. The zero-order chi connectivity index (χ0) is 72.2. The molecule has 10 amide bonds. The van der Waals surface area contributed by atoms with Gasteiger partial charge < -0.3 is 88.1 Å². The number of carbonyl (C=O) groups excluding carboxylic acids is 10. The van der Waals surface area contributed by atoms with Gasteiger partial charge in [0.15, 0.2) is 0 Å². The number of hydrogen-bond donors (Lipinski definition) is 15. The van der Waals surface area contributed by atoms with E-state index in [0.29, 0.717) is 11.1 Å². The molecule has 532 valence electrons. The van der Waals surface area contributed by atoms with E-state index >= 15 is 0 Å². The highest BCUT2D eigenvalue weighted by molar-refractivity contribution is 6.00. The van der Waals surface area contributed by atoms with Gasteiger partial charge in [-0.3, -0.25) is 71.9 Å². The first-order chi connectivity index (χ1) is 45.8. The Morgan fingerprint density at radius 3 is 1.31 bits per heavy atom. The number of likely N-dealkylation sites (tertiary alicyclic amines) is 2. The van der Waals surface area contributed by atoms with Crippen molar-refractivity contribution in [3.05, 3.63) is 65.7 Å². The number of aromatic hydroxyl groups is 1. The van der Waals surface area contributed by atoms with Crippen molar-refractivity contribution in [1.29, 1.82) is 0 Å². The smallest absolute Gasteiger partial charge is 0.326 e. The average molecular weight is 1370 g/mol. The van der Waals surface area contributed by atoms with Crippen molar-refractivity contribution in [3.8, 4) is 5.75 Å². The summed E-state index contributed by atoms with van der Waals surface area (Å²) in [6.45, 7) is 6.58. The summed E-state index contributed by atoms with van der Waals surface area (Å²) >= 11 is 0. The van der Waals surface area contributed by atoms with Gasteiger partial charge in [-0.15, -0.1) is 0 Å². The summed E-state index contributed by atoms with van der Waals surface area (Å²) in [5, 5.41) is 86.9. The minimum atomic E-state index is -1.84. The predicted octanol–water partition coefficient (Wildman–Crippen LogP) is -0.461. The van der Waals surface area contributed by atoms with Gasteiger partial charge in [-0.05, 0) is 92.9 Å². The third kappa shape index (κ3) is 26.5. The zero-order valence-electron chi connectivity index (χ0n) is 54.3. The van der Waals surface area contributed by atoms with E-state index in [4.69, 9.17) is 10.2 Å². The number of benzene rings is 2. The molecule has 0 unspecified atom stereocenters. The number of nitrogens with zero attached hydrogens (tertiary/aromatic N) is 2. The van der Waals surface area contributed by atoms with Crippen molar-refractivity contribution in [1.82, 2.24) is 52.3 Å². The van der Waals surface area contributed by atoms with Crippen LogP contribution < -0.4 is 42.5 Å².